The van der Waals surface area contributed by atoms with E-state index in [4.69, 9.17) is 0 Å². The van der Waals surface area contributed by atoms with E-state index in [0.29, 0.717) is 23.4 Å². The molecule has 8 heteroatoms. The molecular weight excluding hydrogens is 370 g/mol. The van der Waals surface area contributed by atoms with Crippen LogP contribution in [-0.4, -0.2) is 24.3 Å². The van der Waals surface area contributed by atoms with Crippen molar-refractivity contribution in [1.29, 1.82) is 0 Å². The van der Waals surface area contributed by atoms with Crippen LogP contribution in [0.5, 0.6) is 0 Å². The molecule has 8 nitrogen and oxygen atoms in total. The van der Waals surface area contributed by atoms with Crippen LogP contribution in [0, 0.1) is 10.1 Å². The molecule has 0 saturated heterocycles. The first kappa shape index (κ1) is 18.3. The van der Waals surface area contributed by atoms with Gasteiger partial charge in [0.15, 0.2) is 5.65 Å². The van der Waals surface area contributed by atoms with Crippen molar-refractivity contribution in [2.24, 2.45) is 7.05 Å². The van der Waals surface area contributed by atoms with Crippen LogP contribution in [0.4, 0.5) is 5.69 Å². The second-order valence-corrected chi connectivity index (χ2v) is 6.57. The summed E-state index contributed by atoms with van der Waals surface area (Å²) in [6.07, 6.45) is 5.15. The number of nitrogens with zero attached hydrogens (tertiary/aromatic N) is 5. The highest BCUT2D eigenvalue weighted by atomic mass is 16.6. The van der Waals surface area contributed by atoms with Crippen LogP contribution < -0.4 is 5.56 Å². The summed E-state index contributed by atoms with van der Waals surface area (Å²) in [6.45, 7) is 0.550. The van der Waals surface area contributed by atoms with Gasteiger partial charge in [-0.3, -0.25) is 24.2 Å². The summed E-state index contributed by atoms with van der Waals surface area (Å²) < 4.78 is 3.16. The maximum atomic E-state index is 12.7. The second kappa shape index (κ2) is 7.51. The normalized spacial score (nSPS) is 11.3. The third kappa shape index (κ3) is 3.81. The molecule has 2 heterocycles. The second-order valence-electron chi connectivity index (χ2n) is 6.57. The predicted octanol–water partition coefficient (Wildman–Crippen LogP) is 3.26. The highest BCUT2D eigenvalue weighted by molar-refractivity contribution is 5.75. The molecule has 0 aliphatic heterocycles. The number of rotatable bonds is 5. The van der Waals surface area contributed by atoms with Gasteiger partial charge < -0.3 is 0 Å². The van der Waals surface area contributed by atoms with Crippen LogP contribution in [0.3, 0.4) is 0 Å². The Morgan fingerprint density at radius 2 is 1.79 bits per heavy atom. The van der Waals surface area contributed by atoms with Crippen molar-refractivity contribution in [1.82, 2.24) is 19.3 Å². The lowest BCUT2D eigenvalue weighted by Crippen LogP contribution is -2.20. The van der Waals surface area contributed by atoms with Crippen molar-refractivity contribution in [2.45, 2.75) is 6.54 Å². The van der Waals surface area contributed by atoms with Crippen LogP contribution in [0.15, 0.2) is 65.6 Å². The number of non-ortho nitro benzene ring substituents is 1. The third-order valence-electron chi connectivity index (χ3n) is 4.56. The number of hydrogen-bond acceptors (Lipinski definition) is 5. The molecule has 2 aromatic carbocycles. The van der Waals surface area contributed by atoms with E-state index in [-0.39, 0.29) is 11.2 Å². The Labute approximate surface area is 165 Å². The Balaban J connectivity index is 1.65. The van der Waals surface area contributed by atoms with Gasteiger partial charge in [0, 0.05) is 25.4 Å². The molecule has 0 aliphatic rings. The fourth-order valence-electron chi connectivity index (χ4n) is 2.99. The zero-order valence-corrected chi connectivity index (χ0v) is 15.6. The summed E-state index contributed by atoms with van der Waals surface area (Å²) >= 11 is 0. The smallest absolute Gasteiger partial charge is 0.269 e. The quantitative estimate of drug-likeness (QED) is 0.387. The number of aromatic nitrogens is 4. The first-order valence-corrected chi connectivity index (χ1v) is 8.92. The molecule has 0 fully saturated rings. The maximum Gasteiger partial charge on any atom is 0.269 e. The minimum Gasteiger partial charge on any atom is -0.296 e. The van der Waals surface area contributed by atoms with Crippen LogP contribution in [0.2, 0.25) is 0 Å². The highest BCUT2D eigenvalue weighted by Crippen LogP contribution is 2.14. The number of fused-ring (bicyclic) bond motifs is 1. The summed E-state index contributed by atoms with van der Waals surface area (Å²) in [6, 6.07) is 16.0. The summed E-state index contributed by atoms with van der Waals surface area (Å²) in [5.41, 5.74) is 2.07. The summed E-state index contributed by atoms with van der Waals surface area (Å²) in [5, 5.41) is 15.6. The van der Waals surface area contributed by atoms with E-state index < -0.39 is 4.92 Å². The maximum absolute atomic E-state index is 12.7. The molecule has 0 aliphatic carbocycles. The van der Waals surface area contributed by atoms with Crippen molar-refractivity contribution in [3.8, 4) is 0 Å². The zero-order valence-electron chi connectivity index (χ0n) is 15.6. The van der Waals surface area contributed by atoms with Gasteiger partial charge in [-0.2, -0.15) is 5.10 Å². The number of nitro benzene ring substituents is 1. The van der Waals surface area contributed by atoms with Gasteiger partial charge in [0.1, 0.15) is 11.2 Å². The Morgan fingerprint density at radius 3 is 2.48 bits per heavy atom. The molecule has 4 rings (SSSR count). The monoisotopic (exact) mass is 387 g/mol. The largest absolute Gasteiger partial charge is 0.296 e. The summed E-state index contributed by atoms with van der Waals surface area (Å²) in [7, 11) is 1.65. The van der Waals surface area contributed by atoms with Gasteiger partial charge >= 0.3 is 0 Å². The van der Waals surface area contributed by atoms with Gasteiger partial charge in [0.2, 0.25) is 0 Å². The van der Waals surface area contributed by atoms with E-state index in [1.54, 1.807) is 42.2 Å². The first-order chi connectivity index (χ1) is 14.0. The molecule has 0 bridgehead atoms. The average Bonchev–Trinajstić information content (AvgIpc) is 3.13. The van der Waals surface area contributed by atoms with Gasteiger partial charge in [-0.1, -0.05) is 36.4 Å². The lowest BCUT2D eigenvalue weighted by molar-refractivity contribution is -0.384. The molecule has 0 spiro atoms. The fourth-order valence-corrected chi connectivity index (χ4v) is 2.99. The van der Waals surface area contributed by atoms with Gasteiger partial charge in [0.25, 0.3) is 11.2 Å². The van der Waals surface area contributed by atoms with Crippen LogP contribution >= 0.6 is 0 Å². The SMILES string of the molecule is Cn1c(/C=C/c2ccc([N+](=O)[O-])cc2)nc2nn(Cc3ccccc3)cc2c1=O. The molecule has 29 heavy (non-hydrogen) atoms. The van der Waals surface area contributed by atoms with Crippen LogP contribution in [0.1, 0.15) is 17.0 Å². The van der Waals surface area contributed by atoms with Gasteiger partial charge in [-0.25, -0.2) is 4.98 Å². The molecule has 2 aromatic heterocycles. The topological polar surface area (TPSA) is 95.8 Å². The van der Waals surface area contributed by atoms with Crippen LogP contribution in [0.25, 0.3) is 23.2 Å². The van der Waals surface area contributed by atoms with Crippen molar-refractivity contribution < 1.29 is 4.92 Å². The van der Waals surface area contributed by atoms with Crippen molar-refractivity contribution >= 4 is 28.9 Å². The molecule has 144 valence electrons. The molecular formula is C21H17N5O3. The van der Waals surface area contributed by atoms with Crippen molar-refractivity contribution in [3.05, 3.63) is 98.2 Å². The minimum atomic E-state index is -0.446. The zero-order chi connectivity index (χ0) is 20.4. The van der Waals surface area contributed by atoms with Crippen molar-refractivity contribution in [3.63, 3.8) is 0 Å². The first-order valence-electron chi connectivity index (χ1n) is 8.92. The Bertz CT molecular complexity index is 1270. The van der Waals surface area contributed by atoms with E-state index in [9.17, 15) is 14.9 Å². The predicted molar refractivity (Wildman–Crippen MR) is 110 cm³/mol. The summed E-state index contributed by atoms with van der Waals surface area (Å²) in [4.78, 5) is 27.5. The average molecular weight is 387 g/mol. The number of nitro groups is 1. The molecule has 4 aromatic rings. The summed E-state index contributed by atoms with van der Waals surface area (Å²) in [5.74, 6) is 0.450. The van der Waals surface area contributed by atoms with Crippen molar-refractivity contribution in [2.75, 3.05) is 0 Å². The molecule has 0 N–H and O–H groups in total. The molecule has 0 saturated carbocycles. The van der Waals surface area contributed by atoms with E-state index in [0.717, 1.165) is 11.1 Å². The Morgan fingerprint density at radius 1 is 1.07 bits per heavy atom. The van der Waals surface area contributed by atoms with Gasteiger partial charge in [-0.15, -0.1) is 0 Å². The molecule has 0 atom stereocenters. The molecule has 0 radical (unpaired) electrons. The van der Waals surface area contributed by atoms with E-state index in [1.165, 1.54) is 16.7 Å². The Kier molecular flexibility index (Phi) is 4.74. The number of benzene rings is 2. The Hall–Kier alpha value is -4.07. The van der Waals surface area contributed by atoms with Crippen LogP contribution in [-0.2, 0) is 13.6 Å². The van der Waals surface area contributed by atoms with Gasteiger partial charge in [0.05, 0.1) is 11.5 Å². The highest BCUT2D eigenvalue weighted by Gasteiger charge is 2.11. The molecule has 0 amide bonds. The minimum absolute atomic E-state index is 0.0260. The third-order valence-corrected chi connectivity index (χ3v) is 4.56. The standard InChI is InChI=1S/C21H17N5O3/c1-24-19(12-9-15-7-10-17(11-8-15)26(28)29)22-20-18(21(24)27)14-25(23-20)13-16-5-3-2-4-6-16/h2-12,14H,13H2,1H3/b12-9+. The lowest BCUT2D eigenvalue weighted by Gasteiger charge is -2.02. The fraction of sp³-hybridized carbons (Fsp3) is 0.0952. The number of hydrogen-bond donors (Lipinski definition) is 0. The molecule has 0 unspecified atom stereocenters. The van der Waals surface area contributed by atoms with E-state index in [1.807, 2.05) is 30.3 Å². The van der Waals surface area contributed by atoms with Gasteiger partial charge in [-0.05, 0) is 29.3 Å². The van der Waals surface area contributed by atoms with E-state index in [2.05, 4.69) is 10.1 Å². The van der Waals surface area contributed by atoms with E-state index >= 15 is 0 Å². The lowest BCUT2D eigenvalue weighted by atomic mass is 10.2.